The molecular formula is C20H25ClN4O4. The zero-order chi connectivity index (χ0) is 20.8. The molecular weight excluding hydrogens is 396 g/mol. The number of halogens is 1. The summed E-state index contributed by atoms with van der Waals surface area (Å²) in [5.74, 6) is 0.494. The van der Waals surface area contributed by atoms with Gasteiger partial charge in [-0.1, -0.05) is 17.7 Å². The Morgan fingerprint density at radius 1 is 1.45 bits per heavy atom. The fourth-order valence-electron chi connectivity index (χ4n) is 3.30. The Morgan fingerprint density at radius 3 is 2.97 bits per heavy atom. The fourth-order valence-corrected chi connectivity index (χ4v) is 3.58. The van der Waals surface area contributed by atoms with Gasteiger partial charge in [0.1, 0.15) is 5.75 Å². The van der Waals surface area contributed by atoms with Crippen LogP contribution in [0.25, 0.3) is 0 Å². The SMILES string of the molecule is CCOC(=O)c1nc(N2CCC[C@@H]2CO)ncc1NCc1ccc(OC)c(Cl)c1. The minimum atomic E-state index is -0.522. The smallest absolute Gasteiger partial charge is 0.359 e. The number of anilines is 2. The van der Waals surface area contributed by atoms with Crippen molar-refractivity contribution in [3.05, 3.63) is 40.7 Å². The van der Waals surface area contributed by atoms with Gasteiger partial charge in [-0.15, -0.1) is 0 Å². The van der Waals surface area contributed by atoms with Gasteiger partial charge in [-0.2, -0.15) is 0 Å². The molecule has 1 fully saturated rings. The number of aliphatic hydroxyl groups is 1. The summed E-state index contributed by atoms with van der Waals surface area (Å²) in [5.41, 5.74) is 1.55. The molecule has 1 atom stereocenters. The third kappa shape index (κ3) is 4.89. The summed E-state index contributed by atoms with van der Waals surface area (Å²) in [6.07, 6.45) is 3.39. The van der Waals surface area contributed by atoms with Crippen molar-refractivity contribution in [1.29, 1.82) is 0 Å². The number of hydrogen-bond donors (Lipinski definition) is 2. The third-order valence-electron chi connectivity index (χ3n) is 4.79. The van der Waals surface area contributed by atoms with Crippen molar-refractivity contribution in [1.82, 2.24) is 9.97 Å². The molecule has 2 aromatic rings. The van der Waals surface area contributed by atoms with Gasteiger partial charge in [-0.3, -0.25) is 0 Å². The van der Waals surface area contributed by atoms with E-state index in [0.29, 0.717) is 29.0 Å². The van der Waals surface area contributed by atoms with E-state index in [2.05, 4.69) is 15.3 Å². The maximum Gasteiger partial charge on any atom is 0.359 e. The van der Waals surface area contributed by atoms with E-state index in [1.807, 2.05) is 11.0 Å². The van der Waals surface area contributed by atoms with Crippen LogP contribution in [0, 0.1) is 0 Å². The molecule has 1 aliphatic rings. The summed E-state index contributed by atoms with van der Waals surface area (Å²) in [6.45, 7) is 3.17. The number of methoxy groups -OCH3 is 1. The molecule has 0 spiro atoms. The molecule has 9 heteroatoms. The zero-order valence-electron chi connectivity index (χ0n) is 16.5. The quantitative estimate of drug-likeness (QED) is 0.629. The molecule has 3 rings (SSSR count). The van der Waals surface area contributed by atoms with E-state index >= 15 is 0 Å². The molecule has 0 amide bonds. The number of benzene rings is 1. The van der Waals surface area contributed by atoms with Crippen LogP contribution >= 0.6 is 11.6 Å². The molecule has 29 heavy (non-hydrogen) atoms. The van der Waals surface area contributed by atoms with Crippen LogP contribution in [0.3, 0.4) is 0 Å². The van der Waals surface area contributed by atoms with Crippen LogP contribution in [0.2, 0.25) is 5.02 Å². The predicted octanol–water partition coefficient (Wildman–Crippen LogP) is 2.89. The minimum Gasteiger partial charge on any atom is -0.495 e. The van der Waals surface area contributed by atoms with E-state index in [4.69, 9.17) is 21.1 Å². The molecule has 2 N–H and O–H groups in total. The second kappa shape index (κ2) is 9.76. The molecule has 0 unspecified atom stereocenters. The number of aromatic nitrogens is 2. The van der Waals surface area contributed by atoms with Crippen LogP contribution in [-0.2, 0) is 11.3 Å². The highest BCUT2D eigenvalue weighted by Gasteiger charge is 2.27. The van der Waals surface area contributed by atoms with Gasteiger partial charge in [0, 0.05) is 13.1 Å². The van der Waals surface area contributed by atoms with Crippen molar-refractivity contribution in [2.24, 2.45) is 0 Å². The van der Waals surface area contributed by atoms with Gasteiger partial charge in [0.2, 0.25) is 5.95 Å². The van der Waals surface area contributed by atoms with Gasteiger partial charge in [-0.05, 0) is 37.5 Å². The average Bonchev–Trinajstić information content (AvgIpc) is 3.21. The second-order valence-corrected chi connectivity index (χ2v) is 7.05. The van der Waals surface area contributed by atoms with Gasteiger partial charge >= 0.3 is 5.97 Å². The molecule has 1 aromatic carbocycles. The van der Waals surface area contributed by atoms with Crippen molar-refractivity contribution in [2.75, 3.05) is 37.1 Å². The monoisotopic (exact) mass is 420 g/mol. The average molecular weight is 421 g/mol. The molecule has 2 heterocycles. The predicted molar refractivity (Wildman–Crippen MR) is 111 cm³/mol. The summed E-state index contributed by atoms with van der Waals surface area (Å²) < 4.78 is 10.3. The Hall–Kier alpha value is -2.58. The van der Waals surface area contributed by atoms with Crippen LogP contribution < -0.4 is 15.0 Å². The number of ether oxygens (including phenoxy) is 2. The number of nitrogens with one attached hydrogen (secondary N) is 1. The minimum absolute atomic E-state index is 0.0241. The van der Waals surface area contributed by atoms with E-state index in [0.717, 1.165) is 24.9 Å². The lowest BCUT2D eigenvalue weighted by Gasteiger charge is -2.23. The largest absolute Gasteiger partial charge is 0.495 e. The van der Waals surface area contributed by atoms with Gasteiger partial charge in [0.05, 0.1) is 43.3 Å². The van der Waals surface area contributed by atoms with E-state index < -0.39 is 5.97 Å². The van der Waals surface area contributed by atoms with Gasteiger partial charge in [-0.25, -0.2) is 14.8 Å². The number of carbonyl (C=O) groups excluding carboxylic acids is 1. The molecule has 0 bridgehead atoms. The van der Waals surface area contributed by atoms with Crippen LogP contribution in [0.1, 0.15) is 35.8 Å². The Bertz CT molecular complexity index is 864. The zero-order valence-corrected chi connectivity index (χ0v) is 17.3. The maximum absolute atomic E-state index is 12.5. The van der Waals surface area contributed by atoms with E-state index in [9.17, 15) is 9.90 Å². The lowest BCUT2D eigenvalue weighted by Crippen LogP contribution is -2.34. The summed E-state index contributed by atoms with van der Waals surface area (Å²) in [4.78, 5) is 23.3. The van der Waals surface area contributed by atoms with Crippen molar-refractivity contribution < 1.29 is 19.4 Å². The van der Waals surface area contributed by atoms with Crippen LogP contribution in [0.5, 0.6) is 5.75 Å². The standard InChI is InChI=1S/C20H25ClN4O4/c1-3-29-19(27)18-16(22-10-13-6-7-17(28-2)15(21)9-13)11-23-20(24-18)25-8-4-5-14(25)12-26/h6-7,9,11,14,22,26H,3-5,8,10,12H2,1-2H3/t14-/m1/s1. The van der Waals surface area contributed by atoms with Crippen molar-refractivity contribution in [3.63, 3.8) is 0 Å². The summed E-state index contributed by atoms with van der Waals surface area (Å²) in [6, 6.07) is 5.42. The number of aliphatic hydroxyl groups excluding tert-OH is 1. The van der Waals surface area contributed by atoms with Crippen molar-refractivity contribution in [2.45, 2.75) is 32.4 Å². The summed E-state index contributed by atoms with van der Waals surface area (Å²) >= 11 is 6.18. The van der Waals surface area contributed by atoms with E-state index in [1.165, 1.54) is 0 Å². The highest BCUT2D eigenvalue weighted by molar-refractivity contribution is 6.32. The summed E-state index contributed by atoms with van der Waals surface area (Å²) in [5, 5.41) is 13.3. The molecule has 0 aliphatic carbocycles. The molecule has 156 valence electrons. The Kier molecular flexibility index (Phi) is 7.11. The van der Waals surface area contributed by atoms with Gasteiger partial charge in [0.25, 0.3) is 0 Å². The molecule has 1 aliphatic heterocycles. The Morgan fingerprint density at radius 2 is 2.28 bits per heavy atom. The lowest BCUT2D eigenvalue weighted by molar-refractivity contribution is 0.0520. The van der Waals surface area contributed by atoms with E-state index in [1.54, 1.807) is 32.4 Å². The maximum atomic E-state index is 12.5. The Balaban J connectivity index is 1.83. The summed E-state index contributed by atoms with van der Waals surface area (Å²) in [7, 11) is 1.56. The second-order valence-electron chi connectivity index (χ2n) is 6.65. The molecule has 1 aromatic heterocycles. The lowest BCUT2D eigenvalue weighted by atomic mass is 10.2. The first-order valence-electron chi connectivity index (χ1n) is 9.55. The first-order chi connectivity index (χ1) is 14.1. The van der Waals surface area contributed by atoms with Crippen LogP contribution in [0.15, 0.2) is 24.4 Å². The number of esters is 1. The topological polar surface area (TPSA) is 96.8 Å². The third-order valence-corrected chi connectivity index (χ3v) is 5.08. The molecule has 0 radical (unpaired) electrons. The highest BCUT2D eigenvalue weighted by atomic mass is 35.5. The number of hydrogen-bond acceptors (Lipinski definition) is 8. The van der Waals surface area contributed by atoms with Crippen LogP contribution in [0.4, 0.5) is 11.6 Å². The number of rotatable bonds is 8. The van der Waals surface area contributed by atoms with Crippen molar-refractivity contribution in [3.8, 4) is 5.75 Å². The first kappa shape index (κ1) is 21.1. The number of carbonyl (C=O) groups is 1. The molecule has 8 nitrogen and oxygen atoms in total. The first-order valence-corrected chi connectivity index (χ1v) is 9.93. The Labute approximate surface area is 174 Å². The fraction of sp³-hybridized carbons (Fsp3) is 0.450. The van der Waals surface area contributed by atoms with E-state index in [-0.39, 0.29) is 24.9 Å². The van der Waals surface area contributed by atoms with Gasteiger partial charge in [0.15, 0.2) is 5.69 Å². The number of nitrogens with zero attached hydrogens (tertiary/aromatic N) is 3. The molecule has 0 saturated carbocycles. The normalized spacial score (nSPS) is 16.0. The van der Waals surface area contributed by atoms with Crippen LogP contribution in [-0.4, -0.2) is 54.0 Å². The van der Waals surface area contributed by atoms with Crippen molar-refractivity contribution >= 4 is 29.2 Å². The highest BCUT2D eigenvalue weighted by Crippen LogP contribution is 2.27. The molecule has 1 saturated heterocycles. The van der Waals surface area contributed by atoms with Gasteiger partial charge < -0.3 is 24.8 Å².